The minimum Gasteiger partial charge on any atom is -0.336 e. The largest absolute Gasteiger partial charge is 0.336 e. The maximum absolute atomic E-state index is 12.4. The van der Waals surface area contributed by atoms with E-state index in [2.05, 4.69) is 5.32 Å². The van der Waals surface area contributed by atoms with Crippen LogP contribution in [0.2, 0.25) is 0 Å². The van der Waals surface area contributed by atoms with Crippen molar-refractivity contribution < 1.29 is 14.4 Å². The first-order chi connectivity index (χ1) is 13.7. The normalized spacial score (nSPS) is 10.5. The molecule has 0 aliphatic rings. The maximum Gasteiger partial charge on any atom is 0.243 e. The van der Waals surface area contributed by atoms with Crippen LogP contribution in [0.1, 0.15) is 39.9 Å². The summed E-state index contributed by atoms with van der Waals surface area (Å²) in [7, 11) is 1.58. The van der Waals surface area contributed by atoms with Crippen LogP contribution in [0.25, 0.3) is 0 Å². The number of thioether (sulfide) groups is 1. The summed E-state index contributed by atoms with van der Waals surface area (Å²) >= 11 is 1.61. The predicted molar refractivity (Wildman–Crippen MR) is 119 cm³/mol. The van der Waals surface area contributed by atoms with E-state index in [4.69, 9.17) is 0 Å². The third kappa shape index (κ3) is 6.46. The first-order valence-electron chi connectivity index (χ1n) is 9.50. The molecule has 6 heteroatoms. The van der Waals surface area contributed by atoms with Gasteiger partial charge in [-0.1, -0.05) is 29.8 Å². The van der Waals surface area contributed by atoms with Gasteiger partial charge in [-0.05, 0) is 50.3 Å². The number of carbonyl (C=O) groups excluding carboxylic acids is 3. The zero-order valence-corrected chi connectivity index (χ0v) is 18.5. The van der Waals surface area contributed by atoms with Crippen molar-refractivity contribution in [1.29, 1.82) is 0 Å². The molecule has 0 saturated heterocycles. The number of amides is 2. The van der Waals surface area contributed by atoms with Crippen molar-refractivity contribution in [3.63, 3.8) is 0 Å². The summed E-state index contributed by atoms with van der Waals surface area (Å²) in [5.74, 6) is -0.559. The number of anilines is 1. The maximum atomic E-state index is 12.4. The van der Waals surface area contributed by atoms with Gasteiger partial charge in [-0.25, -0.2) is 0 Å². The number of nitrogens with one attached hydrogen (secondary N) is 1. The highest BCUT2D eigenvalue weighted by atomic mass is 32.2. The van der Waals surface area contributed by atoms with E-state index in [-0.39, 0.29) is 37.0 Å². The average molecular weight is 413 g/mol. The van der Waals surface area contributed by atoms with Gasteiger partial charge in [0.25, 0.3) is 0 Å². The summed E-state index contributed by atoms with van der Waals surface area (Å²) in [6.07, 6.45) is 2.18. The smallest absolute Gasteiger partial charge is 0.243 e. The fourth-order valence-corrected chi connectivity index (χ4v) is 3.60. The lowest BCUT2D eigenvalue weighted by atomic mass is 10.1. The molecule has 29 heavy (non-hydrogen) atoms. The van der Waals surface area contributed by atoms with Crippen LogP contribution in [-0.4, -0.2) is 42.3 Å². The molecule has 2 aromatic carbocycles. The summed E-state index contributed by atoms with van der Waals surface area (Å²) in [5, 5.41) is 2.89. The molecule has 0 spiro atoms. The Morgan fingerprint density at radius 1 is 0.966 bits per heavy atom. The van der Waals surface area contributed by atoms with Crippen molar-refractivity contribution in [1.82, 2.24) is 4.90 Å². The number of ketones is 1. The van der Waals surface area contributed by atoms with Crippen LogP contribution in [0.5, 0.6) is 0 Å². The number of nitrogens with zero attached hydrogens (tertiary/aromatic N) is 1. The van der Waals surface area contributed by atoms with Crippen molar-refractivity contribution in [3.05, 3.63) is 58.7 Å². The van der Waals surface area contributed by atoms with Gasteiger partial charge in [0.2, 0.25) is 11.8 Å². The lowest BCUT2D eigenvalue weighted by Gasteiger charge is -2.18. The summed E-state index contributed by atoms with van der Waals surface area (Å²) in [4.78, 5) is 39.4. The molecule has 0 aromatic heterocycles. The van der Waals surface area contributed by atoms with E-state index < -0.39 is 0 Å². The fraction of sp³-hybridized carbons (Fsp3) is 0.348. The molecule has 2 rings (SSSR count). The number of hydrogen-bond donors (Lipinski definition) is 1. The van der Waals surface area contributed by atoms with Crippen LogP contribution >= 0.6 is 11.8 Å². The molecule has 0 unspecified atom stereocenters. The second kappa shape index (κ2) is 10.3. The predicted octanol–water partition coefficient (Wildman–Crippen LogP) is 4.39. The Bertz CT molecular complexity index is 884. The molecule has 1 N–H and O–H groups in total. The van der Waals surface area contributed by atoms with Gasteiger partial charge in [-0.15, -0.1) is 11.8 Å². The summed E-state index contributed by atoms with van der Waals surface area (Å²) in [5.41, 5.74) is 4.50. The molecular weight excluding hydrogens is 384 g/mol. The number of rotatable bonds is 8. The van der Waals surface area contributed by atoms with Gasteiger partial charge in [0.1, 0.15) is 0 Å². The monoisotopic (exact) mass is 412 g/mol. The van der Waals surface area contributed by atoms with Gasteiger partial charge >= 0.3 is 0 Å². The molecule has 0 aliphatic carbocycles. The highest BCUT2D eigenvalue weighted by molar-refractivity contribution is 7.98. The van der Waals surface area contributed by atoms with Crippen molar-refractivity contribution in [2.24, 2.45) is 0 Å². The third-order valence-corrected chi connectivity index (χ3v) is 5.47. The quantitative estimate of drug-likeness (QED) is 0.516. The number of aryl methyl sites for hydroxylation is 3. The minimum absolute atomic E-state index is 0.0534. The number of Topliss-reactive ketones (excluding diaryl/α,β-unsaturated/α-hetero) is 1. The van der Waals surface area contributed by atoms with Gasteiger partial charge in [0.15, 0.2) is 5.78 Å². The Kier molecular flexibility index (Phi) is 8.02. The van der Waals surface area contributed by atoms with Crippen molar-refractivity contribution >= 4 is 35.0 Å². The molecule has 154 valence electrons. The lowest BCUT2D eigenvalue weighted by Crippen LogP contribution is -2.35. The zero-order valence-electron chi connectivity index (χ0n) is 17.7. The molecule has 0 bridgehead atoms. The van der Waals surface area contributed by atoms with E-state index in [9.17, 15) is 14.4 Å². The summed E-state index contributed by atoms with van der Waals surface area (Å²) in [6.45, 7) is 5.85. The fourth-order valence-electron chi connectivity index (χ4n) is 3.19. The topological polar surface area (TPSA) is 66.5 Å². The molecule has 0 atom stereocenters. The summed E-state index contributed by atoms with van der Waals surface area (Å²) in [6, 6.07) is 11.4. The van der Waals surface area contributed by atoms with Crippen LogP contribution < -0.4 is 5.32 Å². The van der Waals surface area contributed by atoms with E-state index >= 15 is 0 Å². The molecule has 0 saturated carbocycles. The Labute approximate surface area is 176 Å². The molecular formula is C23H28N2O3S. The first-order valence-corrected chi connectivity index (χ1v) is 10.7. The number of hydrogen-bond acceptors (Lipinski definition) is 4. The Balaban J connectivity index is 1.86. The van der Waals surface area contributed by atoms with Gasteiger partial charge in [0.05, 0.1) is 6.54 Å². The lowest BCUT2D eigenvalue weighted by molar-refractivity contribution is -0.133. The van der Waals surface area contributed by atoms with Crippen LogP contribution in [0.3, 0.4) is 0 Å². The van der Waals surface area contributed by atoms with Crippen LogP contribution in [0.15, 0.2) is 41.3 Å². The van der Waals surface area contributed by atoms with Crippen LogP contribution in [0.4, 0.5) is 5.69 Å². The third-order valence-electron chi connectivity index (χ3n) is 4.73. The van der Waals surface area contributed by atoms with E-state index in [0.717, 1.165) is 27.3 Å². The molecule has 0 fully saturated rings. The number of benzene rings is 2. The molecule has 0 heterocycles. The summed E-state index contributed by atoms with van der Waals surface area (Å²) < 4.78 is 0. The second-order valence-electron chi connectivity index (χ2n) is 7.22. The first kappa shape index (κ1) is 22.7. The molecule has 2 aromatic rings. The Hall–Kier alpha value is -2.60. The van der Waals surface area contributed by atoms with Gasteiger partial charge in [0, 0.05) is 36.0 Å². The number of likely N-dealkylation sites (N-methyl/N-ethyl adjacent to an activating group) is 1. The van der Waals surface area contributed by atoms with E-state index in [1.165, 1.54) is 4.90 Å². The zero-order chi connectivity index (χ0) is 21.6. The van der Waals surface area contributed by atoms with Crippen LogP contribution in [-0.2, 0) is 9.59 Å². The Morgan fingerprint density at radius 2 is 1.55 bits per heavy atom. The van der Waals surface area contributed by atoms with Gasteiger partial charge in [-0.2, -0.15) is 0 Å². The van der Waals surface area contributed by atoms with Gasteiger partial charge < -0.3 is 10.2 Å². The SMILES string of the molecule is CSc1ccc(C(=O)CCC(=O)N(C)CC(=O)Nc2c(C)cc(C)cc2C)cc1. The highest BCUT2D eigenvalue weighted by Gasteiger charge is 2.16. The van der Waals surface area contributed by atoms with Crippen LogP contribution in [0, 0.1) is 20.8 Å². The standard InChI is InChI=1S/C23H28N2O3S/c1-15-12-16(2)23(17(3)13-15)24-21(27)14-25(4)22(28)11-10-20(26)18-6-8-19(29-5)9-7-18/h6-9,12-13H,10-11,14H2,1-5H3,(H,24,27). The number of carbonyl (C=O) groups is 3. The minimum atomic E-state index is -0.255. The van der Waals surface area contributed by atoms with E-state index in [1.54, 1.807) is 30.9 Å². The van der Waals surface area contributed by atoms with E-state index in [1.807, 2.05) is 51.3 Å². The molecule has 0 aliphatic heterocycles. The molecule has 5 nitrogen and oxygen atoms in total. The van der Waals surface area contributed by atoms with E-state index in [0.29, 0.717) is 5.56 Å². The average Bonchev–Trinajstić information content (AvgIpc) is 2.68. The second-order valence-corrected chi connectivity index (χ2v) is 8.10. The highest BCUT2D eigenvalue weighted by Crippen LogP contribution is 2.22. The molecule has 2 amide bonds. The van der Waals surface area contributed by atoms with Crippen molar-refractivity contribution in [2.75, 3.05) is 25.2 Å². The molecule has 0 radical (unpaired) electrons. The van der Waals surface area contributed by atoms with Crippen molar-refractivity contribution in [3.8, 4) is 0 Å². The van der Waals surface area contributed by atoms with Crippen molar-refractivity contribution in [2.45, 2.75) is 38.5 Å². The van der Waals surface area contributed by atoms with Gasteiger partial charge in [-0.3, -0.25) is 14.4 Å². The Morgan fingerprint density at radius 3 is 2.10 bits per heavy atom.